The van der Waals surface area contributed by atoms with Gasteiger partial charge in [0.15, 0.2) is 0 Å². The van der Waals surface area contributed by atoms with Crippen molar-refractivity contribution in [3.63, 3.8) is 0 Å². The maximum absolute atomic E-state index is 11.4. The van der Waals surface area contributed by atoms with Crippen LogP contribution in [-0.4, -0.2) is 23.7 Å². The van der Waals surface area contributed by atoms with E-state index in [0.717, 1.165) is 12.2 Å². The minimum Gasteiger partial charge on any atom is -0.469 e. The summed E-state index contributed by atoms with van der Waals surface area (Å²) in [5.74, 6) is 0.759. The van der Waals surface area contributed by atoms with E-state index in [2.05, 4.69) is 5.32 Å². The first-order chi connectivity index (χ1) is 7.26. The second-order valence-electron chi connectivity index (χ2n) is 3.43. The first-order valence-electron chi connectivity index (χ1n) is 5.18. The molecule has 1 heterocycles. The first-order valence-corrected chi connectivity index (χ1v) is 5.18. The van der Waals surface area contributed by atoms with Crippen LogP contribution in [0.5, 0.6) is 0 Å². The Kier molecular flexibility index (Phi) is 4.90. The molecule has 1 aromatic heterocycles. The summed E-state index contributed by atoms with van der Waals surface area (Å²) in [5.41, 5.74) is 0. The molecular formula is C11H17NO3. The molecule has 0 aromatic carbocycles. The molecule has 0 aliphatic rings. The van der Waals surface area contributed by atoms with Crippen LogP contribution in [0.1, 0.15) is 25.5 Å². The van der Waals surface area contributed by atoms with E-state index in [-0.39, 0.29) is 18.6 Å². The molecule has 1 aromatic rings. The summed E-state index contributed by atoms with van der Waals surface area (Å²) in [7, 11) is 0. The van der Waals surface area contributed by atoms with E-state index in [1.165, 1.54) is 0 Å². The van der Waals surface area contributed by atoms with Crippen LogP contribution in [0.4, 0.5) is 0 Å². The number of aryl methyl sites for hydroxylation is 1. The lowest BCUT2D eigenvalue weighted by Gasteiger charge is -2.13. The Hall–Kier alpha value is -1.29. The van der Waals surface area contributed by atoms with Gasteiger partial charge in [0.25, 0.3) is 0 Å². The van der Waals surface area contributed by atoms with E-state index < -0.39 is 0 Å². The van der Waals surface area contributed by atoms with E-state index in [1.54, 1.807) is 12.3 Å². The normalized spacial score (nSPS) is 12.4. The van der Waals surface area contributed by atoms with Crippen LogP contribution < -0.4 is 5.32 Å². The molecule has 0 aliphatic carbocycles. The summed E-state index contributed by atoms with van der Waals surface area (Å²) in [5, 5.41) is 11.6. The maximum Gasteiger partial charge on any atom is 0.220 e. The predicted molar refractivity (Wildman–Crippen MR) is 56.3 cm³/mol. The molecule has 84 valence electrons. The highest BCUT2D eigenvalue weighted by Gasteiger charge is 2.09. The Balaban J connectivity index is 2.24. The molecular weight excluding hydrogens is 194 g/mol. The van der Waals surface area contributed by atoms with Crippen molar-refractivity contribution in [1.82, 2.24) is 5.32 Å². The van der Waals surface area contributed by atoms with Gasteiger partial charge in [0.1, 0.15) is 5.76 Å². The highest BCUT2D eigenvalue weighted by Crippen LogP contribution is 2.03. The molecule has 15 heavy (non-hydrogen) atoms. The Morgan fingerprint density at radius 2 is 2.47 bits per heavy atom. The summed E-state index contributed by atoms with van der Waals surface area (Å²) in [6.45, 7) is 1.91. The highest BCUT2D eigenvalue weighted by molar-refractivity contribution is 5.76. The molecule has 0 radical (unpaired) electrons. The van der Waals surface area contributed by atoms with Gasteiger partial charge in [-0.2, -0.15) is 0 Å². The molecule has 0 fully saturated rings. The highest BCUT2D eigenvalue weighted by atomic mass is 16.3. The van der Waals surface area contributed by atoms with Crippen LogP contribution in [0.3, 0.4) is 0 Å². The van der Waals surface area contributed by atoms with Crippen LogP contribution in [0.25, 0.3) is 0 Å². The van der Waals surface area contributed by atoms with Crippen LogP contribution in [0.15, 0.2) is 22.8 Å². The van der Waals surface area contributed by atoms with Gasteiger partial charge in [-0.3, -0.25) is 4.79 Å². The average Bonchev–Trinajstić information content (AvgIpc) is 2.75. The fourth-order valence-corrected chi connectivity index (χ4v) is 1.27. The second kappa shape index (κ2) is 6.24. The minimum atomic E-state index is -0.130. The lowest BCUT2D eigenvalue weighted by Crippen LogP contribution is -2.36. The Bertz CT molecular complexity index is 278. The lowest BCUT2D eigenvalue weighted by atomic mass is 10.2. The van der Waals surface area contributed by atoms with Gasteiger partial charge in [-0.15, -0.1) is 0 Å². The molecule has 1 rings (SSSR count). The zero-order valence-electron chi connectivity index (χ0n) is 8.90. The van der Waals surface area contributed by atoms with Crippen molar-refractivity contribution in [3.8, 4) is 0 Å². The van der Waals surface area contributed by atoms with E-state index in [9.17, 15) is 4.79 Å². The number of carbonyl (C=O) groups is 1. The van der Waals surface area contributed by atoms with Crippen molar-refractivity contribution in [2.24, 2.45) is 0 Å². The molecule has 4 nitrogen and oxygen atoms in total. The second-order valence-corrected chi connectivity index (χ2v) is 3.43. The van der Waals surface area contributed by atoms with Crippen molar-refractivity contribution in [1.29, 1.82) is 0 Å². The number of hydrogen-bond donors (Lipinski definition) is 2. The van der Waals surface area contributed by atoms with Gasteiger partial charge in [0.2, 0.25) is 5.91 Å². The van der Waals surface area contributed by atoms with E-state index in [4.69, 9.17) is 9.52 Å². The number of carbonyl (C=O) groups excluding carboxylic acids is 1. The number of aliphatic hydroxyl groups is 1. The lowest BCUT2D eigenvalue weighted by molar-refractivity contribution is -0.122. The third-order valence-electron chi connectivity index (χ3n) is 2.26. The van der Waals surface area contributed by atoms with Crippen LogP contribution in [-0.2, 0) is 11.2 Å². The summed E-state index contributed by atoms with van der Waals surface area (Å²) in [6.07, 6.45) is 3.32. The van der Waals surface area contributed by atoms with Crippen molar-refractivity contribution >= 4 is 5.91 Å². The molecule has 1 atom stereocenters. The largest absolute Gasteiger partial charge is 0.469 e. The zero-order valence-corrected chi connectivity index (χ0v) is 8.90. The number of furan rings is 1. The molecule has 0 saturated heterocycles. The fraction of sp³-hybridized carbons (Fsp3) is 0.545. The molecule has 0 spiro atoms. The van der Waals surface area contributed by atoms with Gasteiger partial charge < -0.3 is 14.8 Å². The predicted octanol–water partition coefficient (Wildman–Crippen LogP) is 1.10. The monoisotopic (exact) mass is 211 g/mol. The summed E-state index contributed by atoms with van der Waals surface area (Å²) >= 11 is 0. The summed E-state index contributed by atoms with van der Waals surface area (Å²) in [4.78, 5) is 11.4. The standard InChI is InChI=1S/C11H17NO3/c1-2-9(8-13)12-11(14)6-5-10-4-3-7-15-10/h3-4,7,9,13H,2,5-6,8H2,1H3,(H,12,14)/t9-/m1/s1. The number of nitrogens with one attached hydrogen (secondary N) is 1. The van der Waals surface area contributed by atoms with Gasteiger partial charge in [0.05, 0.1) is 18.9 Å². The van der Waals surface area contributed by atoms with Gasteiger partial charge >= 0.3 is 0 Å². The molecule has 2 N–H and O–H groups in total. The molecule has 1 amide bonds. The topological polar surface area (TPSA) is 62.5 Å². The molecule has 0 unspecified atom stereocenters. The van der Waals surface area contributed by atoms with Gasteiger partial charge in [-0.1, -0.05) is 6.92 Å². The third-order valence-corrected chi connectivity index (χ3v) is 2.26. The summed E-state index contributed by atoms with van der Waals surface area (Å²) in [6, 6.07) is 3.51. The number of hydrogen-bond acceptors (Lipinski definition) is 3. The van der Waals surface area contributed by atoms with E-state index in [0.29, 0.717) is 12.8 Å². The van der Waals surface area contributed by atoms with Gasteiger partial charge in [0, 0.05) is 12.8 Å². The van der Waals surface area contributed by atoms with Crippen LogP contribution in [0, 0.1) is 0 Å². The Morgan fingerprint density at radius 1 is 1.67 bits per heavy atom. The SMILES string of the molecule is CC[C@H](CO)NC(=O)CCc1ccco1. The molecule has 0 saturated carbocycles. The fourth-order valence-electron chi connectivity index (χ4n) is 1.27. The third kappa shape index (κ3) is 4.16. The van der Waals surface area contributed by atoms with E-state index in [1.807, 2.05) is 13.0 Å². The van der Waals surface area contributed by atoms with Crippen LogP contribution in [0.2, 0.25) is 0 Å². The Labute approximate surface area is 89.3 Å². The maximum atomic E-state index is 11.4. The zero-order chi connectivity index (χ0) is 11.1. The van der Waals surface area contributed by atoms with Gasteiger partial charge in [-0.05, 0) is 18.6 Å². The average molecular weight is 211 g/mol. The summed E-state index contributed by atoms with van der Waals surface area (Å²) < 4.78 is 5.11. The van der Waals surface area contributed by atoms with Crippen molar-refractivity contribution in [2.45, 2.75) is 32.2 Å². The molecule has 0 bridgehead atoms. The van der Waals surface area contributed by atoms with Gasteiger partial charge in [-0.25, -0.2) is 0 Å². The molecule has 0 aliphatic heterocycles. The number of amides is 1. The van der Waals surface area contributed by atoms with Crippen molar-refractivity contribution < 1.29 is 14.3 Å². The van der Waals surface area contributed by atoms with Crippen molar-refractivity contribution in [2.75, 3.05) is 6.61 Å². The number of aliphatic hydroxyl groups excluding tert-OH is 1. The molecule has 4 heteroatoms. The minimum absolute atomic E-state index is 0.0109. The first kappa shape index (κ1) is 11.8. The quantitative estimate of drug-likeness (QED) is 0.740. The van der Waals surface area contributed by atoms with Crippen molar-refractivity contribution in [3.05, 3.63) is 24.2 Å². The number of rotatable bonds is 6. The van der Waals surface area contributed by atoms with Crippen LogP contribution >= 0.6 is 0 Å². The smallest absolute Gasteiger partial charge is 0.220 e. The Morgan fingerprint density at radius 3 is 3.00 bits per heavy atom. The van der Waals surface area contributed by atoms with E-state index >= 15 is 0 Å².